The molecule has 9 heteroatoms. The van der Waals surface area contributed by atoms with E-state index in [0.717, 1.165) is 63.4 Å². The number of amides is 2. The van der Waals surface area contributed by atoms with Crippen molar-refractivity contribution in [1.82, 2.24) is 14.7 Å². The van der Waals surface area contributed by atoms with Crippen molar-refractivity contribution in [2.75, 3.05) is 63.8 Å². The fourth-order valence-electron chi connectivity index (χ4n) is 4.58. The first-order valence-corrected chi connectivity index (χ1v) is 10.8. The van der Waals surface area contributed by atoms with Crippen LogP contribution in [0.25, 0.3) is 0 Å². The molecule has 1 aromatic carbocycles. The molecule has 30 heavy (non-hydrogen) atoms. The van der Waals surface area contributed by atoms with Gasteiger partial charge < -0.3 is 9.80 Å². The predicted molar refractivity (Wildman–Crippen MR) is 112 cm³/mol. The number of rotatable bonds is 5. The van der Waals surface area contributed by atoms with E-state index in [1.54, 1.807) is 17.0 Å². The summed E-state index contributed by atoms with van der Waals surface area (Å²) in [6.07, 6.45) is 4.08. The zero-order valence-corrected chi connectivity index (χ0v) is 17.3. The fourth-order valence-corrected chi connectivity index (χ4v) is 4.58. The molecule has 0 unspecified atom stereocenters. The van der Waals surface area contributed by atoms with Gasteiger partial charge in [0.05, 0.1) is 18.0 Å². The minimum Gasteiger partial charge on any atom is -0.342 e. The summed E-state index contributed by atoms with van der Waals surface area (Å²) < 4.78 is 0. The van der Waals surface area contributed by atoms with Gasteiger partial charge in [0.2, 0.25) is 11.8 Å². The highest BCUT2D eigenvalue weighted by molar-refractivity contribution is 5.97. The highest BCUT2D eigenvalue weighted by atomic mass is 16.6. The van der Waals surface area contributed by atoms with Crippen molar-refractivity contribution in [3.8, 4) is 0 Å². The maximum absolute atomic E-state index is 12.8. The third kappa shape index (κ3) is 4.62. The van der Waals surface area contributed by atoms with Gasteiger partial charge in [0.25, 0.3) is 5.69 Å². The SMILES string of the molecule is O=C(CN1CCN(CC(=O)N2CCc3cc([N+](=O)[O-])ccc32)CC1)N1CCCCC1. The number of hydrogen-bond acceptors (Lipinski definition) is 6. The van der Waals surface area contributed by atoms with Crippen LogP contribution < -0.4 is 4.90 Å². The van der Waals surface area contributed by atoms with Crippen LogP contribution in [-0.4, -0.2) is 90.3 Å². The van der Waals surface area contributed by atoms with Crippen LogP contribution in [0.1, 0.15) is 24.8 Å². The Morgan fingerprint density at radius 1 is 0.867 bits per heavy atom. The van der Waals surface area contributed by atoms with Gasteiger partial charge >= 0.3 is 0 Å². The molecule has 0 radical (unpaired) electrons. The molecule has 2 saturated heterocycles. The van der Waals surface area contributed by atoms with Gasteiger partial charge in [0.15, 0.2) is 0 Å². The molecule has 3 aliphatic rings. The zero-order chi connectivity index (χ0) is 21.1. The van der Waals surface area contributed by atoms with E-state index in [1.165, 1.54) is 12.5 Å². The van der Waals surface area contributed by atoms with Gasteiger partial charge in [-0.05, 0) is 37.3 Å². The maximum atomic E-state index is 12.8. The monoisotopic (exact) mass is 415 g/mol. The highest BCUT2D eigenvalue weighted by Gasteiger charge is 2.29. The third-order valence-corrected chi connectivity index (χ3v) is 6.36. The van der Waals surface area contributed by atoms with Crippen molar-refractivity contribution in [2.45, 2.75) is 25.7 Å². The summed E-state index contributed by atoms with van der Waals surface area (Å²) in [5.74, 6) is 0.252. The quantitative estimate of drug-likeness (QED) is 0.529. The minimum absolute atomic E-state index is 0.0282. The number of carbonyl (C=O) groups is 2. The summed E-state index contributed by atoms with van der Waals surface area (Å²) in [5.41, 5.74) is 1.72. The van der Waals surface area contributed by atoms with E-state index in [2.05, 4.69) is 9.80 Å². The van der Waals surface area contributed by atoms with Gasteiger partial charge in [-0.3, -0.25) is 29.5 Å². The Morgan fingerprint density at radius 3 is 2.13 bits per heavy atom. The normalized spacial score (nSPS) is 20.3. The lowest BCUT2D eigenvalue weighted by molar-refractivity contribution is -0.384. The van der Waals surface area contributed by atoms with Gasteiger partial charge in [0, 0.05) is 63.6 Å². The molecule has 0 aliphatic carbocycles. The Morgan fingerprint density at radius 2 is 1.50 bits per heavy atom. The predicted octanol–water partition coefficient (Wildman–Crippen LogP) is 1.11. The summed E-state index contributed by atoms with van der Waals surface area (Å²) in [6.45, 7) is 6.25. The van der Waals surface area contributed by atoms with Crippen molar-refractivity contribution in [3.63, 3.8) is 0 Å². The number of piperazine rings is 1. The number of nitro benzene ring substituents is 1. The molecule has 3 heterocycles. The van der Waals surface area contributed by atoms with Crippen LogP contribution in [0.5, 0.6) is 0 Å². The molecule has 4 rings (SSSR count). The number of carbonyl (C=O) groups excluding carboxylic acids is 2. The van der Waals surface area contributed by atoms with Crippen LogP contribution in [0.3, 0.4) is 0 Å². The number of hydrogen-bond donors (Lipinski definition) is 0. The lowest BCUT2D eigenvalue weighted by Crippen LogP contribution is -2.52. The first-order valence-electron chi connectivity index (χ1n) is 10.8. The summed E-state index contributed by atoms with van der Waals surface area (Å²) >= 11 is 0. The second-order valence-electron chi connectivity index (χ2n) is 8.36. The molecule has 1 aromatic rings. The average molecular weight is 415 g/mol. The van der Waals surface area contributed by atoms with Crippen LogP contribution >= 0.6 is 0 Å². The first kappa shape index (κ1) is 20.7. The molecule has 0 bridgehead atoms. The standard InChI is InChI=1S/C21H29N5O4/c27-20(24-7-2-1-3-8-24)15-22-10-12-23(13-11-22)16-21(28)25-9-6-17-14-18(26(29)30)4-5-19(17)25/h4-5,14H,1-3,6-13,15-16H2. The molecule has 2 amide bonds. The molecule has 0 N–H and O–H groups in total. The Balaban J connectivity index is 1.25. The molecule has 0 saturated carbocycles. The van der Waals surface area contributed by atoms with E-state index in [9.17, 15) is 19.7 Å². The lowest BCUT2D eigenvalue weighted by atomic mass is 10.1. The number of nitrogens with zero attached hydrogens (tertiary/aromatic N) is 5. The summed E-state index contributed by atoms with van der Waals surface area (Å²) in [4.78, 5) is 43.9. The highest BCUT2D eigenvalue weighted by Crippen LogP contribution is 2.31. The van der Waals surface area contributed by atoms with Gasteiger partial charge in [0.1, 0.15) is 0 Å². The molecule has 0 aromatic heterocycles. The van der Waals surface area contributed by atoms with E-state index < -0.39 is 4.92 Å². The Hall–Kier alpha value is -2.52. The number of piperidine rings is 1. The molecular weight excluding hydrogens is 386 g/mol. The van der Waals surface area contributed by atoms with Crippen molar-refractivity contribution in [3.05, 3.63) is 33.9 Å². The molecule has 0 atom stereocenters. The van der Waals surface area contributed by atoms with Crippen LogP contribution in [0.2, 0.25) is 0 Å². The van der Waals surface area contributed by atoms with E-state index in [4.69, 9.17) is 0 Å². The van der Waals surface area contributed by atoms with E-state index in [0.29, 0.717) is 26.1 Å². The fraction of sp³-hybridized carbons (Fsp3) is 0.619. The minimum atomic E-state index is -0.403. The smallest absolute Gasteiger partial charge is 0.269 e. The number of anilines is 1. The van der Waals surface area contributed by atoms with E-state index in [1.807, 2.05) is 4.90 Å². The summed E-state index contributed by atoms with van der Waals surface area (Å²) in [5, 5.41) is 11.0. The lowest BCUT2D eigenvalue weighted by Gasteiger charge is -2.36. The molecule has 162 valence electrons. The number of likely N-dealkylation sites (tertiary alicyclic amines) is 1. The Labute approximate surface area is 176 Å². The summed E-state index contributed by atoms with van der Waals surface area (Å²) in [6, 6.07) is 4.71. The van der Waals surface area contributed by atoms with E-state index in [-0.39, 0.29) is 17.5 Å². The van der Waals surface area contributed by atoms with Crippen LogP contribution in [0.15, 0.2) is 18.2 Å². The Kier molecular flexibility index (Phi) is 6.29. The van der Waals surface area contributed by atoms with Crippen molar-refractivity contribution in [1.29, 1.82) is 0 Å². The van der Waals surface area contributed by atoms with Crippen LogP contribution in [0.4, 0.5) is 11.4 Å². The first-order chi connectivity index (χ1) is 14.5. The van der Waals surface area contributed by atoms with Gasteiger partial charge in [-0.15, -0.1) is 0 Å². The van der Waals surface area contributed by atoms with E-state index >= 15 is 0 Å². The number of nitro groups is 1. The maximum Gasteiger partial charge on any atom is 0.269 e. The third-order valence-electron chi connectivity index (χ3n) is 6.36. The van der Waals surface area contributed by atoms with Crippen molar-refractivity contribution < 1.29 is 14.5 Å². The van der Waals surface area contributed by atoms with Gasteiger partial charge in [-0.1, -0.05) is 0 Å². The Bertz CT molecular complexity index is 816. The summed E-state index contributed by atoms with van der Waals surface area (Å²) in [7, 11) is 0. The molecular formula is C21H29N5O4. The van der Waals surface area contributed by atoms with Crippen molar-refractivity contribution >= 4 is 23.2 Å². The zero-order valence-electron chi connectivity index (χ0n) is 17.3. The van der Waals surface area contributed by atoms with Crippen LogP contribution in [0, 0.1) is 10.1 Å². The van der Waals surface area contributed by atoms with Gasteiger partial charge in [-0.25, -0.2) is 0 Å². The topological polar surface area (TPSA) is 90.2 Å². The molecule has 9 nitrogen and oxygen atoms in total. The number of fused-ring (bicyclic) bond motifs is 1. The molecule has 2 fully saturated rings. The second kappa shape index (κ2) is 9.09. The number of non-ortho nitro benzene ring substituents is 1. The van der Waals surface area contributed by atoms with Crippen LogP contribution in [-0.2, 0) is 16.0 Å². The largest absolute Gasteiger partial charge is 0.342 e. The number of benzene rings is 1. The molecule has 3 aliphatic heterocycles. The van der Waals surface area contributed by atoms with Gasteiger partial charge in [-0.2, -0.15) is 0 Å². The average Bonchev–Trinajstić information content (AvgIpc) is 3.19. The second-order valence-corrected chi connectivity index (χ2v) is 8.36. The van der Waals surface area contributed by atoms with Crippen molar-refractivity contribution in [2.24, 2.45) is 0 Å². The molecule has 0 spiro atoms.